The molecule has 3 heterocycles. The molecule has 0 bridgehead atoms. The van der Waals surface area contributed by atoms with Gasteiger partial charge < -0.3 is 4.74 Å². The summed E-state index contributed by atoms with van der Waals surface area (Å²) in [4.78, 5) is 6.61. The molecule has 0 aliphatic carbocycles. The van der Waals surface area contributed by atoms with Crippen molar-refractivity contribution in [2.45, 2.75) is 19.4 Å². The number of rotatable bonds is 5. The summed E-state index contributed by atoms with van der Waals surface area (Å²) in [6.07, 6.45) is 11.9. The zero-order valence-corrected chi connectivity index (χ0v) is 12.2. The summed E-state index contributed by atoms with van der Waals surface area (Å²) < 4.78 is 5.17. The van der Waals surface area contributed by atoms with E-state index in [4.69, 9.17) is 4.74 Å². The van der Waals surface area contributed by atoms with Gasteiger partial charge in [-0.25, -0.2) is 0 Å². The zero-order chi connectivity index (χ0) is 14.5. The minimum atomic E-state index is 0.792. The van der Waals surface area contributed by atoms with Crippen molar-refractivity contribution < 1.29 is 4.74 Å². The van der Waals surface area contributed by atoms with E-state index in [1.165, 1.54) is 11.3 Å². The van der Waals surface area contributed by atoms with Crippen LogP contribution in [0.4, 0.5) is 0 Å². The largest absolute Gasteiger partial charge is 0.495 e. The topological polar surface area (TPSA) is 54.0 Å². The monoisotopic (exact) mass is 284 g/mol. The van der Waals surface area contributed by atoms with E-state index in [0.29, 0.717) is 0 Å². The summed E-state index contributed by atoms with van der Waals surface area (Å²) >= 11 is 0. The van der Waals surface area contributed by atoms with Crippen LogP contribution in [-0.2, 0) is 13.0 Å². The number of aromatic nitrogens is 3. The fourth-order valence-corrected chi connectivity index (χ4v) is 2.59. The van der Waals surface area contributed by atoms with Gasteiger partial charge in [-0.05, 0) is 18.1 Å². The number of nitrogens with one attached hydrogen (secondary N) is 1. The molecule has 0 radical (unpaired) electrons. The molecule has 21 heavy (non-hydrogen) atoms. The average molecular weight is 284 g/mol. The van der Waals surface area contributed by atoms with Crippen molar-refractivity contribution >= 4 is 6.08 Å². The van der Waals surface area contributed by atoms with Crippen LogP contribution in [0.1, 0.15) is 23.2 Å². The lowest BCUT2D eigenvalue weighted by Gasteiger charge is -2.25. The molecule has 1 aliphatic heterocycles. The second-order valence-electron chi connectivity index (χ2n) is 5.25. The molecule has 5 nitrogen and oxygen atoms in total. The van der Waals surface area contributed by atoms with Gasteiger partial charge in [0.2, 0.25) is 0 Å². The van der Waals surface area contributed by atoms with Gasteiger partial charge in [-0.2, -0.15) is 5.10 Å². The van der Waals surface area contributed by atoms with Gasteiger partial charge in [0.25, 0.3) is 0 Å². The molecule has 5 heteroatoms. The molecule has 0 fully saturated rings. The second kappa shape index (κ2) is 6.54. The molecule has 0 atom stereocenters. The number of pyridine rings is 1. The van der Waals surface area contributed by atoms with Crippen LogP contribution in [-0.4, -0.2) is 40.3 Å². The van der Waals surface area contributed by atoms with Gasteiger partial charge >= 0.3 is 0 Å². The SMILES string of the molecule is COc1cncc(C=CCCN2CCc3[nH]ncc3C2)c1. The Labute approximate surface area is 124 Å². The lowest BCUT2D eigenvalue weighted by molar-refractivity contribution is 0.258. The number of fused-ring (bicyclic) bond motifs is 1. The quantitative estimate of drug-likeness (QED) is 0.915. The Kier molecular flexibility index (Phi) is 4.31. The van der Waals surface area contributed by atoms with E-state index >= 15 is 0 Å². The normalized spacial score (nSPS) is 15.3. The number of methoxy groups -OCH3 is 1. The van der Waals surface area contributed by atoms with Crippen molar-refractivity contribution in [3.8, 4) is 5.75 Å². The summed E-state index contributed by atoms with van der Waals surface area (Å²) in [7, 11) is 1.66. The highest BCUT2D eigenvalue weighted by Gasteiger charge is 2.16. The Balaban J connectivity index is 1.49. The first kappa shape index (κ1) is 13.8. The molecule has 110 valence electrons. The zero-order valence-electron chi connectivity index (χ0n) is 12.2. The highest BCUT2D eigenvalue weighted by Crippen LogP contribution is 2.16. The summed E-state index contributed by atoms with van der Waals surface area (Å²) in [6, 6.07) is 1.99. The van der Waals surface area contributed by atoms with Crippen molar-refractivity contribution in [1.82, 2.24) is 20.1 Å². The van der Waals surface area contributed by atoms with Crippen LogP contribution in [0, 0.1) is 0 Å². The Hall–Kier alpha value is -2.14. The van der Waals surface area contributed by atoms with Crippen molar-refractivity contribution in [3.63, 3.8) is 0 Å². The van der Waals surface area contributed by atoms with Crippen molar-refractivity contribution in [2.24, 2.45) is 0 Å². The van der Waals surface area contributed by atoms with E-state index in [9.17, 15) is 0 Å². The van der Waals surface area contributed by atoms with Gasteiger partial charge in [0, 0.05) is 43.5 Å². The highest BCUT2D eigenvalue weighted by atomic mass is 16.5. The van der Waals surface area contributed by atoms with E-state index in [-0.39, 0.29) is 0 Å². The third-order valence-corrected chi connectivity index (χ3v) is 3.77. The molecule has 0 unspecified atom stereocenters. The number of aromatic amines is 1. The van der Waals surface area contributed by atoms with E-state index < -0.39 is 0 Å². The Bertz CT molecular complexity index is 620. The van der Waals surface area contributed by atoms with Crippen LogP contribution < -0.4 is 4.74 Å². The maximum absolute atomic E-state index is 5.17. The molecule has 1 aliphatic rings. The van der Waals surface area contributed by atoms with Crippen LogP contribution in [0.5, 0.6) is 5.75 Å². The highest BCUT2D eigenvalue weighted by molar-refractivity contribution is 5.49. The van der Waals surface area contributed by atoms with E-state index in [2.05, 4.69) is 32.2 Å². The first-order chi connectivity index (χ1) is 10.3. The van der Waals surface area contributed by atoms with Crippen LogP contribution >= 0.6 is 0 Å². The molecule has 3 rings (SSSR count). The average Bonchev–Trinajstić information content (AvgIpc) is 2.99. The molecule has 0 amide bonds. The summed E-state index contributed by atoms with van der Waals surface area (Å²) in [5.74, 6) is 0.792. The molecular weight excluding hydrogens is 264 g/mol. The Morgan fingerprint density at radius 3 is 3.24 bits per heavy atom. The smallest absolute Gasteiger partial charge is 0.137 e. The first-order valence-corrected chi connectivity index (χ1v) is 7.24. The number of hydrogen-bond donors (Lipinski definition) is 1. The van der Waals surface area contributed by atoms with Crippen molar-refractivity contribution in [3.05, 3.63) is 47.6 Å². The van der Waals surface area contributed by atoms with Crippen LogP contribution in [0.3, 0.4) is 0 Å². The van der Waals surface area contributed by atoms with Gasteiger partial charge in [-0.1, -0.05) is 12.2 Å². The van der Waals surface area contributed by atoms with E-state index in [0.717, 1.165) is 43.8 Å². The maximum atomic E-state index is 5.17. The van der Waals surface area contributed by atoms with Gasteiger partial charge in [0.15, 0.2) is 0 Å². The number of hydrogen-bond acceptors (Lipinski definition) is 4. The molecule has 0 saturated carbocycles. The lowest BCUT2D eigenvalue weighted by atomic mass is 10.1. The predicted molar refractivity (Wildman–Crippen MR) is 82.0 cm³/mol. The summed E-state index contributed by atoms with van der Waals surface area (Å²) in [5, 5.41) is 7.17. The fraction of sp³-hybridized carbons (Fsp3) is 0.375. The van der Waals surface area contributed by atoms with Gasteiger partial charge in [0.05, 0.1) is 19.5 Å². The molecule has 0 aromatic carbocycles. The Morgan fingerprint density at radius 2 is 2.33 bits per heavy atom. The Morgan fingerprint density at radius 1 is 1.38 bits per heavy atom. The van der Waals surface area contributed by atoms with Crippen molar-refractivity contribution in [1.29, 1.82) is 0 Å². The number of ether oxygens (including phenoxy) is 1. The molecule has 2 aromatic heterocycles. The second-order valence-corrected chi connectivity index (χ2v) is 5.25. The predicted octanol–water partition coefficient (Wildman–Crippen LogP) is 2.27. The maximum Gasteiger partial charge on any atom is 0.137 e. The van der Waals surface area contributed by atoms with Crippen molar-refractivity contribution in [2.75, 3.05) is 20.2 Å². The van der Waals surface area contributed by atoms with E-state index in [1.54, 1.807) is 13.3 Å². The van der Waals surface area contributed by atoms with E-state index in [1.807, 2.05) is 18.5 Å². The standard InChI is InChI=1S/C16H20N4O/c1-21-15-8-13(9-17-11-15)4-2-3-6-20-7-5-16-14(12-20)10-18-19-16/h2,4,8-11H,3,5-7,12H2,1H3,(H,18,19). The van der Waals surface area contributed by atoms with Gasteiger partial charge in [-0.15, -0.1) is 0 Å². The molecule has 0 saturated heterocycles. The number of H-pyrrole nitrogens is 1. The summed E-state index contributed by atoms with van der Waals surface area (Å²) in [5.41, 5.74) is 3.71. The molecule has 0 spiro atoms. The summed E-state index contributed by atoms with van der Waals surface area (Å²) in [6.45, 7) is 3.17. The lowest BCUT2D eigenvalue weighted by Crippen LogP contribution is -2.30. The van der Waals surface area contributed by atoms with Gasteiger partial charge in [-0.3, -0.25) is 15.0 Å². The van der Waals surface area contributed by atoms with Crippen LogP contribution in [0.25, 0.3) is 6.08 Å². The molecule has 1 N–H and O–H groups in total. The fourth-order valence-electron chi connectivity index (χ4n) is 2.59. The molecular formula is C16H20N4O. The van der Waals surface area contributed by atoms with Crippen LogP contribution in [0.2, 0.25) is 0 Å². The number of nitrogens with zero attached hydrogens (tertiary/aromatic N) is 3. The van der Waals surface area contributed by atoms with Crippen LogP contribution in [0.15, 0.2) is 30.7 Å². The third kappa shape index (κ3) is 3.49. The minimum absolute atomic E-state index is 0.792. The minimum Gasteiger partial charge on any atom is -0.495 e. The molecule has 2 aromatic rings. The first-order valence-electron chi connectivity index (χ1n) is 7.24. The van der Waals surface area contributed by atoms with Gasteiger partial charge in [0.1, 0.15) is 5.75 Å². The third-order valence-electron chi connectivity index (χ3n) is 3.77.